The maximum absolute atomic E-state index is 12.0. The van der Waals surface area contributed by atoms with Crippen LogP contribution in [0.25, 0.3) is 0 Å². The van der Waals surface area contributed by atoms with Gasteiger partial charge in [0.05, 0.1) is 0 Å². The predicted molar refractivity (Wildman–Crippen MR) is 62.6 cm³/mol. The van der Waals surface area contributed by atoms with Gasteiger partial charge in [-0.05, 0) is 44.7 Å². The standard InChI is InChI=1S/C12H19N3O/c16-12-14(6-7-15(12)11-3-4-11)9-10-2-1-5-13-8-10/h6-7,10-11,13H,1-5,8-9H2. The lowest BCUT2D eigenvalue weighted by molar-refractivity contribution is 0.332. The van der Waals surface area contributed by atoms with Crippen LogP contribution in [0.1, 0.15) is 31.7 Å². The molecule has 4 nitrogen and oxygen atoms in total. The van der Waals surface area contributed by atoms with Gasteiger partial charge >= 0.3 is 5.69 Å². The summed E-state index contributed by atoms with van der Waals surface area (Å²) in [7, 11) is 0. The highest BCUT2D eigenvalue weighted by Gasteiger charge is 2.26. The van der Waals surface area contributed by atoms with Crippen molar-refractivity contribution in [3.05, 3.63) is 22.9 Å². The molecule has 1 atom stereocenters. The van der Waals surface area contributed by atoms with Crippen LogP contribution < -0.4 is 11.0 Å². The van der Waals surface area contributed by atoms with Gasteiger partial charge in [0, 0.05) is 25.0 Å². The fourth-order valence-corrected chi connectivity index (χ4v) is 2.56. The minimum atomic E-state index is 0.188. The lowest BCUT2D eigenvalue weighted by Gasteiger charge is -2.22. The van der Waals surface area contributed by atoms with E-state index in [-0.39, 0.29) is 5.69 Å². The molecule has 1 aliphatic heterocycles. The zero-order valence-corrected chi connectivity index (χ0v) is 9.56. The minimum Gasteiger partial charge on any atom is -0.316 e. The number of nitrogens with one attached hydrogen (secondary N) is 1. The Bertz CT molecular complexity index is 410. The average Bonchev–Trinajstić information content (AvgIpc) is 3.08. The highest BCUT2D eigenvalue weighted by molar-refractivity contribution is 4.91. The normalized spacial score (nSPS) is 25.9. The summed E-state index contributed by atoms with van der Waals surface area (Å²) in [4.78, 5) is 12.0. The first kappa shape index (κ1) is 10.1. The third-order valence-corrected chi connectivity index (χ3v) is 3.67. The molecule has 2 aliphatic rings. The summed E-state index contributed by atoms with van der Waals surface area (Å²) in [6.07, 6.45) is 8.74. The van der Waals surface area contributed by atoms with Gasteiger partial charge in [0.2, 0.25) is 0 Å². The fourth-order valence-electron chi connectivity index (χ4n) is 2.56. The predicted octanol–water partition coefficient (Wildman–Crippen LogP) is 0.984. The van der Waals surface area contributed by atoms with E-state index < -0.39 is 0 Å². The number of aromatic nitrogens is 2. The quantitative estimate of drug-likeness (QED) is 0.826. The third kappa shape index (κ3) is 1.94. The molecule has 1 aliphatic carbocycles. The molecule has 1 N–H and O–H groups in total. The largest absolute Gasteiger partial charge is 0.328 e. The van der Waals surface area contributed by atoms with E-state index in [0.29, 0.717) is 12.0 Å². The smallest absolute Gasteiger partial charge is 0.316 e. The van der Waals surface area contributed by atoms with Gasteiger partial charge in [-0.3, -0.25) is 9.13 Å². The number of imidazole rings is 1. The van der Waals surface area contributed by atoms with Gasteiger partial charge < -0.3 is 5.32 Å². The van der Waals surface area contributed by atoms with Gasteiger partial charge in [-0.25, -0.2) is 4.79 Å². The molecule has 88 valence electrons. The van der Waals surface area contributed by atoms with E-state index in [1.807, 2.05) is 21.5 Å². The SMILES string of the molecule is O=c1n(CC2CCCNC2)ccn1C1CC1. The molecule has 2 fully saturated rings. The maximum Gasteiger partial charge on any atom is 0.328 e. The second-order valence-electron chi connectivity index (χ2n) is 5.08. The summed E-state index contributed by atoms with van der Waals surface area (Å²) in [5, 5.41) is 3.39. The number of nitrogens with zero attached hydrogens (tertiary/aromatic N) is 2. The molecule has 0 bridgehead atoms. The van der Waals surface area contributed by atoms with Crippen LogP contribution in [0.2, 0.25) is 0 Å². The van der Waals surface area contributed by atoms with Crippen molar-refractivity contribution in [2.45, 2.75) is 38.3 Å². The Morgan fingerprint density at radius 1 is 1.31 bits per heavy atom. The maximum atomic E-state index is 12.0. The van der Waals surface area contributed by atoms with Gasteiger partial charge in [0.1, 0.15) is 0 Å². The summed E-state index contributed by atoms with van der Waals surface area (Å²) in [6.45, 7) is 3.07. The molecule has 1 saturated heterocycles. The van der Waals surface area contributed by atoms with Crippen LogP contribution in [0.3, 0.4) is 0 Å². The van der Waals surface area contributed by atoms with Crippen molar-refractivity contribution in [2.24, 2.45) is 5.92 Å². The molecule has 0 aromatic carbocycles. The Kier molecular flexibility index (Phi) is 2.59. The van der Waals surface area contributed by atoms with E-state index in [1.165, 1.54) is 25.7 Å². The van der Waals surface area contributed by atoms with E-state index in [4.69, 9.17) is 0 Å². The Hall–Kier alpha value is -1.03. The molecule has 0 spiro atoms. The van der Waals surface area contributed by atoms with E-state index in [9.17, 15) is 4.79 Å². The molecule has 0 radical (unpaired) electrons. The molecule has 4 heteroatoms. The van der Waals surface area contributed by atoms with Crippen LogP contribution in [0.15, 0.2) is 17.2 Å². The molecular formula is C12H19N3O. The Labute approximate surface area is 95.3 Å². The lowest BCUT2D eigenvalue weighted by atomic mass is 10.00. The third-order valence-electron chi connectivity index (χ3n) is 3.67. The summed E-state index contributed by atoms with van der Waals surface area (Å²) >= 11 is 0. The number of piperidine rings is 1. The van der Waals surface area contributed by atoms with Crippen molar-refractivity contribution in [1.29, 1.82) is 0 Å². The van der Waals surface area contributed by atoms with Gasteiger partial charge in [-0.15, -0.1) is 0 Å². The Balaban J connectivity index is 1.71. The summed E-state index contributed by atoms with van der Waals surface area (Å²) in [5.74, 6) is 0.626. The van der Waals surface area contributed by atoms with E-state index in [1.54, 1.807) is 0 Å². The van der Waals surface area contributed by atoms with E-state index in [0.717, 1.165) is 19.6 Å². The zero-order valence-electron chi connectivity index (χ0n) is 9.56. The number of hydrogen-bond acceptors (Lipinski definition) is 2. The molecule has 1 unspecified atom stereocenters. The molecule has 1 saturated carbocycles. The van der Waals surface area contributed by atoms with Crippen molar-refractivity contribution < 1.29 is 0 Å². The first-order chi connectivity index (χ1) is 7.84. The van der Waals surface area contributed by atoms with Gasteiger partial charge in [0.25, 0.3) is 0 Å². The van der Waals surface area contributed by atoms with Crippen LogP contribution in [0.4, 0.5) is 0 Å². The highest BCUT2D eigenvalue weighted by atomic mass is 16.1. The first-order valence-electron chi connectivity index (χ1n) is 6.32. The van der Waals surface area contributed by atoms with Crippen LogP contribution in [0, 0.1) is 5.92 Å². The molecule has 16 heavy (non-hydrogen) atoms. The molecule has 0 amide bonds. The molecule has 1 aromatic rings. The summed E-state index contributed by atoms with van der Waals surface area (Å²) < 4.78 is 3.78. The topological polar surface area (TPSA) is 39.0 Å². The molecule has 1 aromatic heterocycles. The van der Waals surface area contributed by atoms with Crippen LogP contribution in [-0.4, -0.2) is 22.2 Å². The monoisotopic (exact) mass is 221 g/mol. The van der Waals surface area contributed by atoms with Crippen LogP contribution >= 0.6 is 0 Å². The average molecular weight is 221 g/mol. The molecular weight excluding hydrogens is 202 g/mol. The highest BCUT2D eigenvalue weighted by Crippen LogP contribution is 2.33. The van der Waals surface area contributed by atoms with Crippen molar-refractivity contribution >= 4 is 0 Å². The second-order valence-corrected chi connectivity index (χ2v) is 5.08. The Morgan fingerprint density at radius 3 is 2.88 bits per heavy atom. The van der Waals surface area contributed by atoms with Crippen LogP contribution in [-0.2, 0) is 6.54 Å². The van der Waals surface area contributed by atoms with Crippen molar-refractivity contribution in [3.63, 3.8) is 0 Å². The van der Waals surface area contributed by atoms with Crippen LogP contribution in [0.5, 0.6) is 0 Å². The molecule has 2 heterocycles. The van der Waals surface area contributed by atoms with Gasteiger partial charge in [0.15, 0.2) is 0 Å². The van der Waals surface area contributed by atoms with Crippen molar-refractivity contribution in [3.8, 4) is 0 Å². The van der Waals surface area contributed by atoms with Crippen molar-refractivity contribution in [2.75, 3.05) is 13.1 Å². The fraction of sp³-hybridized carbons (Fsp3) is 0.750. The molecule has 3 rings (SSSR count). The van der Waals surface area contributed by atoms with E-state index in [2.05, 4.69) is 5.32 Å². The summed E-state index contributed by atoms with van der Waals surface area (Å²) in [5.41, 5.74) is 0.188. The number of hydrogen-bond donors (Lipinski definition) is 1. The van der Waals surface area contributed by atoms with Gasteiger partial charge in [-0.1, -0.05) is 0 Å². The number of rotatable bonds is 3. The first-order valence-corrected chi connectivity index (χ1v) is 6.32. The summed E-state index contributed by atoms with van der Waals surface area (Å²) in [6, 6.07) is 0.498. The zero-order chi connectivity index (χ0) is 11.0. The van der Waals surface area contributed by atoms with Gasteiger partial charge in [-0.2, -0.15) is 0 Å². The second kappa shape index (κ2) is 4.09. The Morgan fingerprint density at radius 2 is 2.19 bits per heavy atom. The minimum absolute atomic E-state index is 0.188. The van der Waals surface area contributed by atoms with Crippen molar-refractivity contribution in [1.82, 2.24) is 14.5 Å². The lowest BCUT2D eigenvalue weighted by Crippen LogP contribution is -2.34. The van der Waals surface area contributed by atoms with E-state index >= 15 is 0 Å².